The van der Waals surface area contributed by atoms with E-state index >= 15 is 0 Å². The minimum Gasteiger partial charge on any atom is -0.363 e. The molecule has 0 radical (unpaired) electrons. The Kier molecular flexibility index (Phi) is 5.02. The molecule has 2 aliphatic heterocycles. The van der Waals surface area contributed by atoms with Crippen LogP contribution in [0.2, 0.25) is 0 Å². The Morgan fingerprint density at radius 2 is 1.78 bits per heavy atom. The predicted molar refractivity (Wildman–Crippen MR) is 108 cm³/mol. The molecule has 1 amide bonds. The Morgan fingerprint density at radius 1 is 1.04 bits per heavy atom. The number of ether oxygens (including phenoxy) is 1. The van der Waals surface area contributed by atoms with E-state index in [2.05, 4.69) is 36.9 Å². The summed E-state index contributed by atoms with van der Waals surface area (Å²) in [5.74, 6) is 0.0599. The highest BCUT2D eigenvalue weighted by molar-refractivity contribution is 5.95. The average molecular weight is 364 g/mol. The quantitative estimate of drug-likeness (QED) is 0.832. The average Bonchev–Trinajstić information content (AvgIpc) is 2.69. The van der Waals surface area contributed by atoms with Gasteiger partial charge < -0.3 is 9.64 Å². The SMILES string of the molecule is Cc1ccc(C)c(CN2CCC3(CC2)CN(c2ccccc2)C(=O)CO3)c1. The summed E-state index contributed by atoms with van der Waals surface area (Å²) in [6.07, 6.45) is 1.93. The van der Waals surface area contributed by atoms with Gasteiger partial charge in [0.1, 0.15) is 6.61 Å². The van der Waals surface area contributed by atoms with E-state index in [1.165, 1.54) is 16.7 Å². The second-order valence-corrected chi connectivity index (χ2v) is 7.99. The van der Waals surface area contributed by atoms with Gasteiger partial charge in [0.05, 0.1) is 12.1 Å². The number of likely N-dealkylation sites (tertiary alicyclic amines) is 1. The highest BCUT2D eigenvalue weighted by Gasteiger charge is 2.42. The first-order chi connectivity index (χ1) is 13.0. The minimum atomic E-state index is -0.206. The lowest BCUT2D eigenvalue weighted by Gasteiger charge is -2.47. The van der Waals surface area contributed by atoms with Crippen LogP contribution in [0, 0.1) is 13.8 Å². The van der Waals surface area contributed by atoms with E-state index in [1.54, 1.807) is 0 Å². The van der Waals surface area contributed by atoms with Gasteiger partial charge in [-0.25, -0.2) is 0 Å². The van der Waals surface area contributed by atoms with E-state index in [1.807, 2.05) is 35.2 Å². The molecule has 0 aromatic heterocycles. The van der Waals surface area contributed by atoms with Crippen molar-refractivity contribution in [2.24, 2.45) is 0 Å². The van der Waals surface area contributed by atoms with Gasteiger partial charge in [0.25, 0.3) is 5.91 Å². The number of carbonyl (C=O) groups excluding carboxylic acids is 1. The van der Waals surface area contributed by atoms with Crippen LogP contribution in [0.5, 0.6) is 0 Å². The second kappa shape index (κ2) is 7.45. The van der Waals surface area contributed by atoms with Gasteiger partial charge in [-0.1, -0.05) is 42.0 Å². The van der Waals surface area contributed by atoms with E-state index < -0.39 is 0 Å². The molecule has 2 aromatic rings. The summed E-state index contributed by atoms with van der Waals surface area (Å²) in [5, 5.41) is 0. The number of carbonyl (C=O) groups is 1. The molecule has 0 aliphatic carbocycles. The molecule has 142 valence electrons. The fourth-order valence-electron chi connectivity index (χ4n) is 4.19. The predicted octanol–water partition coefficient (Wildman–Crippen LogP) is 3.70. The van der Waals surface area contributed by atoms with Crippen LogP contribution < -0.4 is 4.90 Å². The summed E-state index contributed by atoms with van der Waals surface area (Å²) < 4.78 is 6.09. The van der Waals surface area contributed by atoms with Crippen molar-refractivity contribution in [3.8, 4) is 0 Å². The van der Waals surface area contributed by atoms with Crippen LogP contribution in [0.4, 0.5) is 5.69 Å². The van der Waals surface area contributed by atoms with Gasteiger partial charge in [-0.2, -0.15) is 0 Å². The summed E-state index contributed by atoms with van der Waals surface area (Å²) in [5.41, 5.74) is 4.86. The second-order valence-electron chi connectivity index (χ2n) is 7.99. The molecule has 0 saturated carbocycles. The summed E-state index contributed by atoms with van der Waals surface area (Å²) in [7, 11) is 0. The van der Waals surface area contributed by atoms with Crippen LogP contribution in [-0.2, 0) is 16.1 Å². The molecule has 2 aromatic carbocycles. The number of benzene rings is 2. The number of morpholine rings is 1. The Hall–Kier alpha value is -2.17. The molecule has 4 heteroatoms. The lowest BCUT2D eigenvalue weighted by molar-refractivity contribution is -0.144. The Balaban J connectivity index is 1.42. The largest absolute Gasteiger partial charge is 0.363 e. The third-order valence-electron chi connectivity index (χ3n) is 5.98. The third kappa shape index (κ3) is 3.92. The van der Waals surface area contributed by atoms with Gasteiger partial charge in [-0.15, -0.1) is 0 Å². The van der Waals surface area contributed by atoms with Crippen molar-refractivity contribution in [2.45, 2.75) is 38.8 Å². The smallest absolute Gasteiger partial charge is 0.253 e. The van der Waals surface area contributed by atoms with Gasteiger partial charge in [-0.05, 0) is 49.9 Å². The van der Waals surface area contributed by atoms with Crippen molar-refractivity contribution in [1.82, 2.24) is 4.90 Å². The summed E-state index contributed by atoms with van der Waals surface area (Å²) >= 11 is 0. The number of amides is 1. The maximum absolute atomic E-state index is 12.4. The van der Waals surface area contributed by atoms with Crippen LogP contribution >= 0.6 is 0 Å². The van der Waals surface area contributed by atoms with Crippen molar-refractivity contribution in [1.29, 1.82) is 0 Å². The van der Waals surface area contributed by atoms with Crippen molar-refractivity contribution in [3.05, 3.63) is 65.2 Å². The maximum atomic E-state index is 12.4. The van der Waals surface area contributed by atoms with E-state index in [0.29, 0.717) is 6.54 Å². The summed E-state index contributed by atoms with van der Waals surface area (Å²) in [6, 6.07) is 16.6. The lowest BCUT2D eigenvalue weighted by Crippen LogP contribution is -2.58. The summed E-state index contributed by atoms with van der Waals surface area (Å²) in [4.78, 5) is 16.8. The number of hydrogen-bond acceptors (Lipinski definition) is 3. The van der Waals surface area contributed by atoms with Crippen molar-refractivity contribution in [2.75, 3.05) is 31.1 Å². The molecule has 1 spiro atoms. The number of hydrogen-bond donors (Lipinski definition) is 0. The number of aryl methyl sites for hydroxylation is 2. The molecule has 0 unspecified atom stereocenters. The number of rotatable bonds is 3. The van der Waals surface area contributed by atoms with Gasteiger partial charge in [0.15, 0.2) is 0 Å². The van der Waals surface area contributed by atoms with Crippen molar-refractivity contribution in [3.63, 3.8) is 0 Å². The molecule has 2 heterocycles. The van der Waals surface area contributed by atoms with E-state index in [9.17, 15) is 4.79 Å². The van der Waals surface area contributed by atoms with Crippen LogP contribution in [0.3, 0.4) is 0 Å². The van der Waals surface area contributed by atoms with E-state index in [-0.39, 0.29) is 18.1 Å². The highest BCUT2D eigenvalue weighted by atomic mass is 16.5. The van der Waals surface area contributed by atoms with Gasteiger partial charge >= 0.3 is 0 Å². The number of anilines is 1. The van der Waals surface area contributed by atoms with Crippen molar-refractivity contribution >= 4 is 11.6 Å². The fourth-order valence-corrected chi connectivity index (χ4v) is 4.19. The standard InChI is InChI=1S/C23H28N2O2/c1-18-8-9-19(2)20(14-18)15-24-12-10-23(11-13-24)17-25(22(26)16-27-23)21-6-4-3-5-7-21/h3-9,14H,10-13,15-17H2,1-2H3. The van der Waals surface area contributed by atoms with E-state index in [0.717, 1.165) is 38.2 Å². The molecule has 0 atom stereocenters. The van der Waals surface area contributed by atoms with Crippen LogP contribution in [0.15, 0.2) is 48.5 Å². The topological polar surface area (TPSA) is 32.8 Å². The number of para-hydroxylation sites is 1. The van der Waals surface area contributed by atoms with Crippen molar-refractivity contribution < 1.29 is 9.53 Å². The first-order valence-electron chi connectivity index (χ1n) is 9.83. The molecule has 4 rings (SSSR count). The van der Waals surface area contributed by atoms with Gasteiger partial charge in [0.2, 0.25) is 0 Å². The summed E-state index contributed by atoms with van der Waals surface area (Å²) in [6.45, 7) is 8.19. The molecular formula is C23H28N2O2. The Labute approximate surface area is 161 Å². The zero-order valence-corrected chi connectivity index (χ0v) is 16.3. The third-order valence-corrected chi connectivity index (χ3v) is 5.98. The van der Waals surface area contributed by atoms with Gasteiger partial charge in [0, 0.05) is 25.3 Å². The minimum absolute atomic E-state index is 0.0599. The normalized spacial score (nSPS) is 20.2. The molecule has 4 nitrogen and oxygen atoms in total. The zero-order chi connectivity index (χ0) is 18.9. The molecule has 0 bridgehead atoms. The van der Waals surface area contributed by atoms with Crippen LogP contribution in [0.25, 0.3) is 0 Å². The lowest BCUT2D eigenvalue weighted by atomic mass is 9.88. The highest BCUT2D eigenvalue weighted by Crippen LogP contribution is 2.33. The fraction of sp³-hybridized carbons (Fsp3) is 0.435. The van der Waals surface area contributed by atoms with E-state index in [4.69, 9.17) is 4.74 Å². The first kappa shape index (κ1) is 18.2. The Bertz CT molecular complexity index is 810. The Morgan fingerprint density at radius 3 is 2.52 bits per heavy atom. The molecule has 2 fully saturated rings. The maximum Gasteiger partial charge on any atom is 0.253 e. The molecule has 27 heavy (non-hydrogen) atoms. The first-order valence-corrected chi connectivity index (χ1v) is 9.83. The molecule has 0 N–H and O–H groups in total. The van der Waals surface area contributed by atoms with Crippen LogP contribution in [-0.4, -0.2) is 42.6 Å². The van der Waals surface area contributed by atoms with Crippen LogP contribution in [0.1, 0.15) is 29.5 Å². The molecule has 2 aliphatic rings. The molecular weight excluding hydrogens is 336 g/mol. The van der Waals surface area contributed by atoms with Gasteiger partial charge in [-0.3, -0.25) is 9.69 Å². The molecule has 2 saturated heterocycles. The number of piperidine rings is 1. The number of nitrogens with zero attached hydrogens (tertiary/aromatic N) is 2. The zero-order valence-electron chi connectivity index (χ0n) is 16.3. The monoisotopic (exact) mass is 364 g/mol.